The molecule has 0 aliphatic carbocycles. The monoisotopic (exact) mass is 226 g/mol. The van der Waals surface area contributed by atoms with Gasteiger partial charge in [-0.15, -0.1) is 0 Å². The normalized spacial score (nSPS) is 15.2. The van der Waals surface area contributed by atoms with Crippen molar-refractivity contribution in [2.75, 3.05) is 6.54 Å². The highest BCUT2D eigenvalue weighted by molar-refractivity contribution is 4.97. The summed E-state index contributed by atoms with van der Waals surface area (Å²) in [7, 11) is 0. The molecule has 2 nitrogen and oxygen atoms in total. The van der Waals surface area contributed by atoms with E-state index in [1.54, 1.807) is 0 Å². The Morgan fingerprint density at radius 1 is 1.06 bits per heavy atom. The summed E-state index contributed by atoms with van der Waals surface area (Å²) in [5.74, 6) is 0. The largest absolute Gasteiger partial charge is 0.386 e. The third-order valence-electron chi connectivity index (χ3n) is 3.18. The molecule has 0 amide bonds. The molecule has 2 heteroatoms. The van der Waals surface area contributed by atoms with Crippen LogP contribution in [0.2, 0.25) is 0 Å². The van der Waals surface area contributed by atoms with Crippen LogP contribution in [0.25, 0.3) is 0 Å². The van der Waals surface area contributed by atoms with E-state index in [1.807, 2.05) is 0 Å². The van der Waals surface area contributed by atoms with Gasteiger partial charge in [-0.25, -0.2) is 0 Å². The summed E-state index contributed by atoms with van der Waals surface area (Å²) < 4.78 is 0. The van der Waals surface area contributed by atoms with Crippen LogP contribution < -0.4 is 5.32 Å². The van der Waals surface area contributed by atoms with Gasteiger partial charge in [-0.1, -0.05) is 20.4 Å². The first-order valence-corrected chi connectivity index (χ1v) is 6.62. The third-order valence-corrected chi connectivity index (χ3v) is 3.18. The van der Waals surface area contributed by atoms with Crippen molar-refractivity contribution >= 4 is 0 Å². The van der Waals surface area contributed by atoms with E-state index in [0.717, 1.165) is 12.2 Å². The van der Waals surface area contributed by atoms with E-state index < -0.39 is 0 Å². The third kappa shape index (κ3) is 5.55. The Bertz CT molecular complexity index is 189. The van der Waals surface area contributed by atoms with Crippen molar-refractivity contribution < 1.29 is 0 Å². The lowest BCUT2D eigenvalue weighted by atomic mass is 10.1. The van der Waals surface area contributed by atoms with Crippen molar-refractivity contribution in [3.63, 3.8) is 0 Å². The van der Waals surface area contributed by atoms with E-state index in [2.05, 4.69) is 58.3 Å². The molecule has 96 valence electrons. The Hall–Kier alpha value is -0.500. The first kappa shape index (κ1) is 15.5. The fraction of sp³-hybridized carbons (Fsp3) is 0.857. The predicted octanol–water partition coefficient (Wildman–Crippen LogP) is 3.40. The van der Waals surface area contributed by atoms with Crippen molar-refractivity contribution in [3.8, 4) is 0 Å². The topological polar surface area (TPSA) is 15.3 Å². The molecule has 16 heavy (non-hydrogen) atoms. The van der Waals surface area contributed by atoms with Crippen molar-refractivity contribution in [1.29, 1.82) is 0 Å². The van der Waals surface area contributed by atoms with Crippen LogP contribution in [0.3, 0.4) is 0 Å². The van der Waals surface area contributed by atoms with Crippen molar-refractivity contribution in [2.24, 2.45) is 0 Å². The van der Waals surface area contributed by atoms with Gasteiger partial charge < -0.3 is 5.32 Å². The van der Waals surface area contributed by atoms with Crippen LogP contribution in [0.1, 0.15) is 54.4 Å². The van der Waals surface area contributed by atoms with Crippen LogP contribution in [0.4, 0.5) is 0 Å². The highest BCUT2D eigenvalue weighted by atomic mass is 15.2. The molecule has 2 atom stereocenters. The predicted molar refractivity (Wildman–Crippen MR) is 73.6 cm³/mol. The first-order valence-electron chi connectivity index (χ1n) is 6.62. The molecular weight excluding hydrogens is 196 g/mol. The number of hydrogen-bond acceptors (Lipinski definition) is 2. The molecule has 2 unspecified atom stereocenters. The average Bonchev–Trinajstić information content (AvgIpc) is 2.22. The summed E-state index contributed by atoms with van der Waals surface area (Å²) in [6.07, 6.45) is 2.39. The van der Waals surface area contributed by atoms with Gasteiger partial charge in [0.15, 0.2) is 0 Å². The molecule has 0 bridgehead atoms. The zero-order chi connectivity index (χ0) is 12.7. The highest BCUT2D eigenvalue weighted by Gasteiger charge is 2.18. The van der Waals surface area contributed by atoms with Gasteiger partial charge in [-0.2, -0.15) is 0 Å². The lowest BCUT2D eigenvalue weighted by Crippen LogP contribution is -2.43. The standard InChI is InChI=1S/C14H30N2/c1-8-13(6)16(14(7)9-2)10-12(5)15-11(3)4/h11,13-15H,5,8-10H2,1-4,6-7H3. The zero-order valence-electron chi connectivity index (χ0n) is 12.0. The van der Waals surface area contributed by atoms with Gasteiger partial charge in [0.05, 0.1) is 0 Å². The fourth-order valence-corrected chi connectivity index (χ4v) is 1.89. The Kier molecular flexibility index (Phi) is 7.48. The fourth-order valence-electron chi connectivity index (χ4n) is 1.89. The van der Waals surface area contributed by atoms with Gasteiger partial charge in [0.25, 0.3) is 0 Å². The minimum Gasteiger partial charge on any atom is -0.386 e. The molecule has 0 spiro atoms. The molecule has 0 aromatic rings. The summed E-state index contributed by atoms with van der Waals surface area (Å²) in [5, 5.41) is 3.39. The van der Waals surface area contributed by atoms with Crippen LogP contribution >= 0.6 is 0 Å². The van der Waals surface area contributed by atoms with Gasteiger partial charge in [-0.05, 0) is 40.5 Å². The van der Waals surface area contributed by atoms with E-state index in [-0.39, 0.29) is 0 Å². The smallest absolute Gasteiger partial charge is 0.0381 e. The van der Waals surface area contributed by atoms with E-state index in [1.165, 1.54) is 12.8 Å². The van der Waals surface area contributed by atoms with E-state index in [4.69, 9.17) is 0 Å². The molecule has 0 aliphatic rings. The number of nitrogens with one attached hydrogen (secondary N) is 1. The van der Waals surface area contributed by atoms with Crippen molar-refractivity contribution in [2.45, 2.75) is 72.5 Å². The van der Waals surface area contributed by atoms with E-state index in [0.29, 0.717) is 18.1 Å². The molecule has 0 aromatic heterocycles. The van der Waals surface area contributed by atoms with Gasteiger partial charge in [-0.3, -0.25) is 4.90 Å². The molecule has 0 aliphatic heterocycles. The maximum absolute atomic E-state index is 4.12. The van der Waals surface area contributed by atoms with Gasteiger partial charge in [0.2, 0.25) is 0 Å². The molecule has 0 heterocycles. The quantitative estimate of drug-likeness (QED) is 0.682. The Morgan fingerprint density at radius 3 is 1.81 bits per heavy atom. The second-order valence-corrected chi connectivity index (χ2v) is 5.09. The van der Waals surface area contributed by atoms with Gasteiger partial charge in [0, 0.05) is 30.4 Å². The minimum absolute atomic E-state index is 0.475. The zero-order valence-corrected chi connectivity index (χ0v) is 12.0. The second-order valence-electron chi connectivity index (χ2n) is 5.09. The van der Waals surface area contributed by atoms with Crippen molar-refractivity contribution in [1.82, 2.24) is 10.2 Å². The van der Waals surface area contributed by atoms with Gasteiger partial charge >= 0.3 is 0 Å². The molecule has 0 saturated heterocycles. The number of nitrogens with zero attached hydrogens (tertiary/aromatic N) is 1. The van der Waals surface area contributed by atoms with E-state index >= 15 is 0 Å². The molecular formula is C14H30N2. The summed E-state index contributed by atoms with van der Waals surface area (Å²) in [6.45, 7) is 18.5. The van der Waals surface area contributed by atoms with Crippen LogP contribution in [0.15, 0.2) is 12.3 Å². The van der Waals surface area contributed by atoms with E-state index in [9.17, 15) is 0 Å². The molecule has 0 saturated carbocycles. The summed E-state index contributed by atoms with van der Waals surface area (Å²) in [5.41, 5.74) is 1.13. The number of rotatable bonds is 8. The van der Waals surface area contributed by atoms with Crippen LogP contribution in [-0.4, -0.2) is 29.6 Å². The minimum atomic E-state index is 0.475. The summed E-state index contributed by atoms with van der Waals surface area (Å²) in [6, 6.07) is 1.73. The Morgan fingerprint density at radius 2 is 1.50 bits per heavy atom. The molecule has 0 rings (SSSR count). The molecule has 0 radical (unpaired) electrons. The maximum atomic E-state index is 4.12. The van der Waals surface area contributed by atoms with Crippen molar-refractivity contribution in [3.05, 3.63) is 12.3 Å². The van der Waals surface area contributed by atoms with Crippen LogP contribution in [0, 0.1) is 0 Å². The Labute approximate surface area is 102 Å². The second kappa shape index (κ2) is 7.72. The molecule has 0 aromatic carbocycles. The van der Waals surface area contributed by atoms with Gasteiger partial charge in [0.1, 0.15) is 0 Å². The lowest BCUT2D eigenvalue weighted by molar-refractivity contribution is 0.157. The summed E-state index contributed by atoms with van der Waals surface area (Å²) >= 11 is 0. The molecule has 0 fully saturated rings. The van der Waals surface area contributed by atoms with Crippen LogP contribution in [0.5, 0.6) is 0 Å². The average molecular weight is 226 g/mol. The maximum Gasteiger partial charge on any atom is 0.0381 e. The van der Waals surface area contributed by atoms with Crippen LogP contribution in [-0.2, 0) is 0 Å². The lowest BCUT2D eigenvalue weighted by Gasteiger charge is -2.34. The molecule has 1 N–H and O–H groups in total. The SMILES string of the molecule is C=C(CN(C(C)CC)C(C)CC)NC(C)C. The highest BCUT2D eigenvalue weighted by Crippen LogP contribution is 2.12. The summed E-state index contributed by atoms with van der Waals surface area (Å²) in [4.78, 5) is 2.54. The number of hydrogen-bond donors (Lipinski definition) is 1. The Balaban J connectivity index is 4.36. The first-order chi connectivity index (χ1) is 7.42.